The molecular formula is C15H20FNO2. The monoisotopic (exact) mass is 265 g/mol. The topological polar surface area (TPSA) is 40.5 Å². The first kappa shape index (κ1) is 14.0. The summed E-state index contributed by atoms with van der Waals surface area (Å²) in [5.41, 5.74) is 0.765. The zero-order valence-corrected chi connectivity index (χ0v) is 11.4. The van der Waals surface area contributed by atoms with Crippen LogP contribution >= 0.6 is 0 Å². The number of halogens is 1. The minimum absolute atomic E-state index is 0.201. The van der Waals surface area contributed by atoms with Crippen molar-refractivity contribution in [1.82, 2.24) is 4.90 Å². The second-order valence-corrected chi connectivity index (χ2v) is 5.75. The second-order valence-electron chi connectivity index (χ2n) is 5.75. The summed E-state index contributed by atoms with van der Waals surface area (Å²) in [6.45, 7) is 6.80. The zero-order valence-electron chi connectivity index (χ0n) is 11.4. The van der Waals surface area contributed by atoms with Crippen LogP contribution in [0, 0.1) is 17.7 Å². The van der Waals surface area contributed by atoms with Crippen LogP contribution in [0.4, 0.5) is 4.39 Å². The summed E-state index contributed by atoms with van der Waals surface area (Å²) >= 11 is 0. The average Bonchev–Trinajstić information content (AvgIpc) is 2.26. The Morgan fingerprint density at radius 2 is 2.00 bits per heavy atom. The van der Waals surface area contributed by atoms with Gasteiger partial charge in [0.1, 0.15) is 5.82 Å². The molecule has 0 aliphatic carbocycles. The fourth-order valence-electron chi connectivity index (χ4n) is 3.06. The first-order chi connectivity index (χ1) is 8.95. The van der Waals surface area contributed by atoms with Gasteiger partial charge < -0.3 is 5.11 Å². The first-order valence-electron chi connectivity index (χ1n) is 6.69. The second kappa shape index (κ2) is 5.70. The van der Waals surface area contributed by atoms with Crippen molar-refractivity contribution in [2.75, 3.05) is 13.1 Å². The maximum Gasteiger partial charge on any atom is 0.336 e. The standard InChI is InChI=1S/C15H20FNO2/c1-10-5-11(2)8-17(7-10)9-12-6-13(16)3-4-14(12)15(18)19/h3-4,6,10-11H,5,7-9H2,1-2H3,(H,18,19). The number of carbonyl (C=O) groups is 1. The van der Waals surface area contributed by atoms with Gasteiger partial charge in [-0.1, -0.05) is 13.8 Å². The molecule has 1 saturated heterocycles. The summed E-state index contributed by atoms with van der Waals surface area (Å²) in [6.07, 6.45) is 1.20. The van der Waals surface area contributed by atoms with Crippen LogP contribution in [0.3, 0.4) is 0 Å². The largest absolute Gasteiger partial charge is 0.478 e. The van der Waals surface area contributed by atoms with E-state index < -0.39 is 5.97 Å². The Labute approximate surface area is 113 Å². The van der Waals surface area contributed by atoms with Crippen LogP contribution in [-0.4, -0.2) is 29.1 Å². The van der Waals surface area contributed by atoms with Crippen LogP contribution in [0.5, 0.6) is 0 Å². The predicted molar refractivity (Wildman–Crippen MR) is 71.6 cm³/mol. The fraction of sp³-hybridized carbons (Fsp3) is 0.533. The highest BCUT2D eigenvalue weighted by Gasteiger charge is 2.23. The van der Waals surface area contributed by atoms with Gasteiger partial charge in [-0.25, -0.2) is 9.18 Å². The third kappa shape index (κ3) is 3.53. The number of aromatic carboxylic acids is 1. The molecule has 19 heavy (non-hydrogen) atoms. The summed E-state index contributed by atoms with van der Waals surface area (Å²) < 4.78 is 13.3. The van der Waals surface area contributed by atoms with E-state index in [2.05, 4.69) is 18.7 Å². The van der Waals surface area contributed by atoms with E-state index in [1.165, 1.54) is 24.6 Å². The molecule has 0 amide bonds. The molecule has 1 fully saturated rings. The lowest BCUT2D eigenvalue weighted by atomic mass is 9.91. The summed E-state index contributed by atoms with van der Waals surface area (Å²) in [7, 11) is 0. The quantitative estimate of drug-likeness (QED) is 0.913. The number of carboxylic acid groups (broad SMARTS) is 1. The van der Waals surface area contributed by atoms with E-state index in [0.29, 0.717) is 23.9 Å². The van der Waals surface area contributed by atoms with E-state index in [1.54, 1.807) is 0 Å². The molecule has 1 aliphatic heterocycles. The molecule has 0 bridgehead atoms. The molecule has 3 nitrogen and oxygen atoms in total. The molecule has 1 aliphatic rings. The number of hydrogen-bond acceptors (Lipinski definition) is 2. The highest BCUT2D eigenvalue weighted by atomic mass is 19.1. The minimum Gasteiger partial charge on any atom is -0.478 e. The number of benzene rings is 1. The van der Waals surface area contributed by atoms with Crippen molar-refractivity contribution in [2.45, 2.75) is 26.8 Å². The number of hydrogen-bond donors (Lipinski definition) is 1. The number of rotatable bonds is 3. The van der Waals surface area contributed by atoms with Crippen molar-refractivity contribution in [1.29, 1.82) is 0 Å². The van der Waals surface area contributed by atoms with Crippen molar-refractivity contribution in [2.24, 2.45) is 11.8 Å². The van der Waals surface area contributed by atoms with E-state index in [9.17, 15) is 9.18 Å². The van der Waals surface area contributed by atoms with Crippen LogP contribution in [0.15, 0.2) is 18.2 Å². The van der Waals surface area contributed by atoms with Crippen molar-refractivity contribution >= 4 is 5.97 Å². The van der Waals surface area contributed by atoms with Gasteiger partial charge >= 0.3 is 5.97 Å². The zero-order chi connectivity index (χ0) is 14.0. The van der Waals surface area contributed by atoms with Crippen LogP contribution in [-0.2, 0) is 6.54 Å². The van der Waals surface area contributed by atoms with Gasteiger partial charge in [-0.15, -0.1) is 0 Å². The van der Waals surface area contributed by atoms with Gasteiger partial charge in [0.25, 0.3) is 0 Å². The van der Waals surface area contributed by atoms with Crippen molar-refractivity contribution in [3.63, 3.8) is 0 Å². The lowest BCUT2D eigenvalue weighted by Crippen LogP contribution is -2.38. The molecule has 0 spiro atoms. The summed E-state index contributed by atoms with van der Waals surface area (Å²) in [5.74, 6) is -0.164. The molecule has 0 aromatic heterocycles. The summed E-state index contributed by atoms with van der Waals surface area (Å²) in [5, 5.41) is 9.15. The highest BCUT2D eigenvalue weighted by molar-refractivity contribution is 5.89. The van der Waals surface area contributed by atoms with Gasteiger partial charge in [0.15, 0.2) is 0 Å². The van der Waals surface area contributed by atoms with Crippen molar-refractivity contribution in [3.05, 3.63) is 35.1 Å². The lowest BCUT2D eigenvalue weighted by Gasteiger charge is -2.35. The van der Waals surface area contributed by atoms with E-state index in [0.717, 1.165) is 13.1 Å². The maximum absolute atomic E-state index is 13.3. The average molecular weight is 265 g/mol. The van der Waals surface area contributed by atoms with Gasteiger partial charge in [0.2, 0.25) is 0 Å². The molecule has 1 N–H and O–H groups in total. The lowest BCUT2D eigenvalue weighted by molar-refractivity contribution is 0.0692. The molecular weight excluding hydrogens is 245 g/mol. The fourth-order valence-corrected chi connectivity index (χ4v) is 3.06. The Kier molecular flexibility index (Phi) is 4.20. The normalized spacial score (nSPS) is 24.4. The third-order valence-electron chi connectivity index (χ3n) is 3.64. The van der Waals surface area contributed by atoms with Crippen molar-refractivity contribution < 1.29 is 14.3 Å². The van der Waals surface area contributed by atoms with E-state index in [4.69, 9.17) is 5.11 Å². The van der Waals surface area contributed by atoms with Gasteiger partial charge in [-0.2, -0.15) is 0 Å². The van der Waals surface area contributed by atoms with Gasteiger partial charge in [-0.05, 0) is 42.0 Å². The molecule has 104 valence electrons. The van der Waals surface area contributed by atoms with Gasteiger partial charge in [0.05, 0.1) is 5.56 Å². The molecule has 1 heterocycles. The molecule has 4 heteroatoms. The SMILES string of the molecule is CC1CC(C)CN(Cc2cc(F)ccc2C(=O)O)C1. The van der Waals surface area contributed by atoms with E-state index >= 15 is 0 Å². The molecule has 1 aromatic rings. The van der Waals surface area contributed by atoms with E-state index in [1.807, 2.05) is 0 Å². The summed E-state index contributed by atoms with van der Waals surface area (Å²) in [6, 6.07) is 3.89. The minimum atomic E-state index is -0.992. The molecule has 0 saturated carbocycles. The van der Waals surface area contributed by atoms with E-state index in [-0.39, 0.29) is 11.4 Å². The van der Waals surface area contributed by atoms with Crippen molar-refractivity contribution in [3.8, 4) is 0 Å². The highest BCUT2D eigenvalue weighted by Crippen LogP contribution is 2.23. The maximum atomic E-state index is 13.3. The Hall–Kier alpha value is -1.42. The molecule has 2 unspecified atom stereocenters. The smallest absolute Gasteiger partial charge is 0.336 e. The van der Waals surface area contributed by atoms with Crippen LogP contribution in [0.25, 0.3) is 0 Å². The van der Waals surface area contributed by atoms with Gasteiger partial charge in [-0.3, -0.25) is 4.90 Å². The Morgan fingerprint density at radius 1 is 1.37 bits per heavy atom. The number of likely N-dealkylation sites (tertiary alicyclic amines) is 1. The molecule has 2 atom stereocenters. The van der Waals surface area contributed by atoms with Gasteiger partial charge in [0, 0.05) is 19.6 Å². The number of nitrogens with zero attached hydrogens (tertiary/aromatic N) is 1. The first-order valence-corrected chi connectivity index (χ1v) is 6.69. The molecule has 0 radical (unpaired) electrons. The van der Waals surface area contributed by atoms with Crippen LogP contribution < -0.4 is 0 Å². The number of piperidine rings is 1. The third-order valence-corrected chi connectivity index (χ3v) is 3.64. The predicted octanol–water partition coefficient (Wildman–Crippen LogP) is 3.00. The Balaban J connectivity index is 2.18. The van der Waals surface area contributed by atoms with Crippen LogP contribution in [0.1, 0.15) is 36.2 Å². The summed E-state index contributed by atoms with van der Waals surface area (Å²) in [4.78, 5) is 13.4. The number of carboxylic acids is 1. The Bertz CT molecular complexity index is 465. The Morgan fingerprint density at radius 3 is 2.58 bits per heavy atom. The molecule has 1 aromatic carbocycles. The van der Waals surface area contributed by atoms with Crippen LogP contribution in [0.2, 0.25) is 0 Å². The molecule has 2 rings (SSSR count).